The number of hydrogen-bond donors (Lipinski definition) is 0. The predicted octanol–water partition coefficient (Wildman–Crippen LogP) is 3.40. The SMILES string of the molecule is C[C@@]1(C(=O)c2ccccc2)O[C@@H]1c1ccccc1. The summed E-state index contributed by atoms with van der Waals surface area (Å²) in [6, 6.07) is 19.2. The lowest BCUT2D eigenvalue weighted by atomic mass is 9.93. The van der Waals surface area contributed by atoms with E-state index in [1.165, 1.54) is 0 Å². The first-order valence-electron chi connectivity index (χ1n) is 6.04. The van der Waals surface area contributed by atoms with Crippen molar-refractivity contribution in [3.05, 3.63) is 71.8 Å². The number of carbonyl (C=O) groups excluding carboxylic acids is 1. The van der Waals surface area contributed by atoms with Gasteiger partial charge in [-0.15, -0.1) is 0 Å². The van der Waals surface area contributed by atoms with E-state index in [-0.39, 0.29) is 11.9 Å². The Morgan fingerprint density at radius 3 is 2.17 bits per heavy atom. The van der Waals surface area contributed by atoms with Gasteiger partial charge >= 0.3 is 0 Å². The third-order valence-electron chi connectivity index (χ3n) is 3.39. The Morgan fingerprint density at radius 2 is 1.56 bits per heavy atom. The monoisotopic (exact) mass is 238 g/mol. The average molecular weight is 238 g/mol. The Bertz CT molecular complexity index is 562. The molecule has 1 aliphatic rings. The molecule has 2 heteroatoms. The molecule has 2 atom stereocenters. The molecule has 3 rings (SSSR count). The van der Waals surface area contributed by atoms with Gasteiger partial charge in [0.25, 0.3) is 0 Å². The first-order valence-corrected chi connectivity index (χ1v) is 6.04. The molecule has 0 N–H and O–H groups in total. The van der Waals surface area contributed by atoms with Gasteiger partial charge in [-0.3, -0.25) is 4.79 Å². The molecule has 0 amide bonds. The Morgan fingerprint density at radius 1 is 1.00 bits per heavy atom. The fourth-order valence-electron chi connectivity index (χ4n) is 2.27. The van der Waals surface area contributed by atoms with Crippen molar-refractivity contribution in [2.75, 3.05) is 0 Å². The molecule has 0 aromatic heterocycles. The number of carbonyl (C=O) groups is 1. The molecule has 2 aromatic carbocycles. The fourth-order valence-corrected chi connectivity index (χ4v) is 2.27. The van der Waals surface area contributed by atoms with Gasteiger partial charge in [0.05, 0.1) is 0 Å². The van der Waals surface area contributed by atoms with Crippen LogP contribution in [0.4, 0.5) is 0 Å². The van der Waals surface area contributed by atoms with Gasteiger partial charge in [-0.2, -0.15) is 0 Å². The second-order valence-corrected chi connectivity index (χ2v) is 4.71. The van der Waals surface area contributed by atoms with E-state index in [9.17, 15) is 4.79 Å². The lowest BCUT2D eigenvalue weighted by Crippen LogP contribution is -2.21. The summed E-state index contributed by atoms with van der Waals surface area (Å²) in [5.41, 5.74) is 1.06. The minimum atomic E-state index is -0.706. The molecule has 1 heterocycles. The molecule has 0 bridgehead atoms. The topological polar surface area (TPSA) is 29.6 Å². The van der Waals surface area contributed by atoms with Gasteiger partial charge in [0.15, 0.2) is 11.4 Å². The van der Waals surface area contributed by atoms with Gasteiger partial charge in [0.2, 0.25) is 0 Å². The van der Waals surface area contributed by atoms with Crippen LogP contribution in [0, 0.1) is 0 Å². The molecule has 18 heavy (non-hydrogen) atoms. The normalized spacial score (nSPS) is 25.7. The van der Waals surface area contributed by atoms with E-state index in [2.05, 4.69) is 0 Å². The van der Waals surface area contributed by atoms with Crippen molar-refractivity contribution in [1.29, 1.82) is 0 Å². The highest BCUT2D eigenvalue weighted by Crippen LogP contribution is 2.50. The summed E-state index contributed by atoms with van der Waals surface area (Å²) in [6.07, 6.45) is -0.119. The highest BCUT2D eigenvalue weighted by Gasteiger charge is 2.58. The van der Waals surface area contributed by atoms with Crippen LogP contribution in [0.2, 0.25) is 0 Å². The van der Waals surface area contributed by atoms with Gasteiger partial charge in [-0.05, 0) is 12.5 Å². The van der Waals surface area contributed by atoms with Crippen molar-refractivity contribution >= 4 is 5.78 Å². The van der Waals surface area contributed by atoms with E-state index in [0.717, 1.165) is 5.56 Å². The van der Waals surface area contributed by atoms with E-state index in [1.54, 1.807) is 0 Å². The van der Waals surface area contributed by atoms with Crippen LogP contribution >= 0.6 is 0 Å². The largest absolute Gasteiger partial charge is 0.353 e. The van der Waals surface area contributed by atoms with E-state index in [1.807, 2.05) is 67.6 Å². The van der Waals surface area contributed by atoms with Gasteiger partial charge < -0.3 is 4.74 Å². The highest BCUT2D eigenvalue weighted by atomic mass is 16.6. The average Bonchev–Trinajstić information content (AvgIpc) is 3.14. The van der Waals surface area contributed by atoms with Crippen LogP contribution in [-0.2, 0) is 4.74 Å². The second-order valence-electron chi connectivity index (χ2n) is 4.71. The molecule has 1 saturated heterocycles. The fraction of sp³-hybridized carbons (Fsp3) is 0.188. The lowest BCUT2D eigenvalue weighted by Gasteiger charge is -2.05. The molecule has 2 aromatic rings. The van der Waals surface area contributed by atoms with E-state index < -0.39 is 5.60 Å². The zero-order valence-electron chi connectivity index (χ0n) is 10.2. The van der Waals surface area contributed by atoms with E-state index in [4.69, 9.17) is 4.74 Å². The zero-order valence-corrected chi connectivity index (χ0v) is 10.2. The third-order valence-corrected chi connectivity index (χ3v) is 3.39. The summed E-state index contributed by atoms with van der Waals surface area (Å²) in [4.78, 5) is 12.4. The highest BCUT2D eigenvalue weighted by molar-refractivity contribution is 6.04. The first kappa shape index (κ1) is 11.2. The van der Waals surface area contributed by atoms with Crippen LogP contribution in [0.5, 0.6) is 0 Å². The molecular formula is C16H14O2. The summed E-state index contributed by atoms with van der Waals surface area (Å²) < 4.78 is 5.66. The molecule has 0 radical (unpaired) electrons. The quantitative estimate of drug-likeness (QED) is 0.606. The van der Waals surface area contributed by atoms with Crippen LogP contribution in [0.3, 0.4) is 0 Å². The molecule has 0 aliphatic carbocycles. The molecule has 0 unspecified atom stereocenters. The molecule has 2 nitrogen and oxygen atoms in total. The summed E-state index contributed by atoms with van der Waals surface area (Å²) in [5, 5.41) is 0. The molecule has 0 spiro atoms. The van der Waals surface area contributed by atoms with Crippen molar-refractivity contribution in [3.63, 3.8) is 0 Å². The van der Waals surface area contributed by atoms with Crippen LogP contribution in [0.25, 0.3) is 0 Å². The summed E-state index contributed by atoms with van der Waals surface area (Å²) in [6.45, 7) is 1.86. The van der Waals surface area contributed by atoms with Crippen LogP contribution in [-0.4, -0.2) is 11.4 Å². The maximum atomic E-state index is 12.4. The van der Waals surface area contributed by atoms with Crippen molar-refractivity contribution in [3.8, 4) is 0 Å². The van der Waals surface area contributed by atoms with E-state index >= 15 is 0 Å². The molecule has 1 fully saturated rings. The number of ether oxygens (including phenoxy) is 1. The lowest BCUT2D eigenvalue weighted by molar-refractivity contribution is 0.0888. The minimum Gasteiger partial charge on any atom is -0.353 e. The van der Waals surface area contributed by atoms with Crippen LogP contribution in [0.15, 0.2) is 60.7 Å². The smallest absolute Gasteiger partial charge is 0.197 e. The maximum absolute atomic E-state index is 12.4. The summed E-state index contributed by atoms with van der Waals surface area (Å²) in [5.74, 6) is 0.0527. The Labute approximate surface area is 106 Å². The van der Waals surface area contributed by atoms with Gasteiger partial charge in [0.1, 0.15) is 6.10 Å². The van der Waals surface area contributed by atoms with Gasteiger partial charge in [0, 0.05) is 5.56 Å². The number of benzene rings is 2. The minimum absolute atomic E-state index is 0.0527. The predicted molar refractivity (Wildman–Crippen MR) is 69.4 cm³/mol. The number of Topliss-reactive ketones (excluding diaryl/α,β-unsaturated/α-hetero) is 1. The molecular weight excluding hydrogens is 224 g/mol. The van der Waals surface area contributed by atoms with Gasteiger partial charge in [-0.1, -0.05) is 60.7 Å². The Hall–Kier alpha value is -1.93. The van der Waals surface area contributed by atoms with Crippen molar-refractivity contribution in [2.24, 2.45) is 0 Å². The molecule has 1 aliphatic heterocycles. The second kappa shape index (κ2) is 4.07. The standard InChI is InChI=1S/C16H14O2/c1-16(14(17)12-8-4-2-5-9-12)15(18-16)13-10-6-3-7-11-13/h2-11,15H,1H3/t15-,16+/m1/s1. The maximum Gasteiger partial charge on any atom is 0.197 e. The zero-order chi connectivity index (χ0) is 12.6. The van der Waals surface area contributed by atoms with Crippen molar-refractivity contribution in [1.82, 2.24) is 0 Å². The molecule has 90 valence electrons. The third kappa shape index (κ3) is 1.75. The molecule has 0 saturated carbocycles. The number of epoxide rings is 1. The summed E-state index contributed by atoms with van der Waals surface area (Å²) >= 11 is 0. The van der Waals surface area contributed by atoms with Crippen LogP contribution in [0.1, 0.15) is 28.9 Å². The number of rotatable bonds is 3. The first-order chi connectivity index (χ1) is 8.72. The number of hydrogen-bond acceptors (Lipinski definition) is 2. The van der Waals surface area contributed by atoms with Crippen molar-refractivity contribution < 1.29 is 9.53 Å². The Balaban J connectivity index is 1.85. The number of ketones is 1. The van der Waals surface area contributed by atoms with Crippen molar-refractivity contribution in [2.45, 2.75) is 18.6 Å². The van der Waals surface area contributed by atoms with Crippen LogP contribution < -0.4 is 0 Å². The summed E-state index contributed by atoms with van der Waals surface area (Å²) in [7, 11) is 0. The Kier molecular flexibility index (Phi) is 2.53. The van der Waals surface area contributed by atoms with Gasteiger partial charge in [-0.25, -0.2) is 0 Å². The van der Waals surface area contributed by atoms with E-state index in [0.29, 0.717) is 5.56 Å².